The van der Waals surface area contributed by atoms with Gasteiger partial charge in [0.25, 0.3) is 5.91 Å². The molecule has 0 N–H and O–H groups in total. The van der Waals surface area contributed by atoms with Crippen LogP contribution in [0.25, 0.3) is 6.08 Å². The van der Waals surface area contributed by atoms with Gasteiger partial charge in [-0.3, -0.25) is 14.5 Å². The van der Waals surface area contributed by atoms with Gasteiger partial charge in [-0.1, -0.05) is 59.9 Å². The summed E-state index contributed by atoms with van der Waals surface area (Å²) >= 11 is 6.64. The molecule has 0 bridgehead atoms. The number of thioether (sulfide) groups is 1. The van der Waals surface area contributed by atoms with Crippen LogP contribution in [0, 0.1) is 6.92 Å². The largest absolute Gasteiger partial charge is 0.490 e. The lowest BCUT2D eigenvalue weighted by Gasteiger charge is -2.14. The number of ether oxygens (including phenoxy) is 3. The van der Waals surface area contributed by atoms with Gasteiger partial charge in [-0.2, -0.15) is 0 Å². The number of nitrogens with zero attached hydrogens (tertiary/aromatic N) is 1. The fraction of sp³-hybridized carbons (Fsp3) is 0.346. The maximum atomic E-state index is 12.9. The molecule has 1 aliphatic heterocycles. The van der Waals surface area contributed by atoms with Crippen LogP contribution in [-0.4, -0.2) is 40.9 Å². The molecule has 1 aliphatic rings. The number of thiocarbonyl (C=S) groups is 1. The second-order valence-electron chi connectivity index (χ2n) is 7.66. The number of hydrogen-bond acceptors (Lipinski definition) is 7. The van der Waals surface area contributed by atoms with Crippen molar-refractivity contribution in [1.82, 2.24) is 4.90 Å². The maximum Gasteiger partial charge on any atom is 0.305 e. The summed E-state index contributed by atoms with van der Waals surface area (Å²) in [5, 5.41) is 0. The Balaban J connectivity index is 1.67. The van der Waals surface area contributed by atoms with E-state index >= 15 is 0 Å². The lowest BCUT2D eigenvalue weighted by atomic mass is 10.1. The van der Waals surface area contributed by atoms with E-state index in [4.69, 9.17) is 26.4 Å². The highest BCUT2D eigenvalue weighted by molar-refractivity contribution is 8.26. The molecule has 0 unspecified atom stereocenters. The molecule has 1 heterocycles. The minimum Gasteiger partial charge on any atom is -0.490 e. The van der Waals surface area contributed by atoms with E-state index in [1.54, 1.807) is 13.0 Å². The van der Waals surface area contributed by atoms with Gasteiger partial charge < -0.3 is 14.2 Å². The quantitative estimate of drug-likeness (QED) is 0.229. The summed E-state index contributed by atoms with van der Waals surface area (Å²) in [5.74, 6) is 0.840. The third-order valence-electron chi connectivity index (χ3n) is 5.02. The first-order valence-corrected chi connectivity index (χ1v) is 12.5. The molecule has 0 aromatic heterocycles. The predicted molar refractivity (Wildman–Crippen MR) is 139 cm³/mol. The van der Waals surface area contributed by atoms with E-state index in [0.29, 0.717) is 53.5 Å². The van der Waals surface area contributed by atoms with Gasteiger partial charge >= 0.3 is 5.97 Å². The third-order valence-corrected chi connectivity index (χ3v) is 6.40. The van der Waals surface area contributed by atoms with Crippen molar-refractivity contribution in [2.45, 2.75) is 40.2 Å². The molecule has 6 nitrogen and oxygen atoms in total. The van der Waals surface area contributed by atoms with Crippen molar-refractivity contribution in [3.8, 4) is 11.5 Å². The molecule has 3 rings (SSSR count). The van der Waals surface area contributed by atoms with Gasteiger partial charge in [-0.25, -0.2) is 0 Å². The molecule has 180 valence electrons. The smallest absolute Gasteiger partial charge is 0.305 e. The molecule has 1 amide bonds. The van der Waals surface area contributed by atoms with E-state index < -0.39 is 0 Å². The monoisotopic (exact) mass is 499 g/mol. The Bertz CT molecular complexity index is 1070. The Kier molecular flexibility index (Phi) is 9.53. The second kappa shape index (κ2) is 12.6. The topological polar surface area (TPSA) is 65.1 Å². The van der Waals surface area contributed by atoms with Gasteiger partial charge in [0.15, 0.2) is 11.5 Å². The first kappa shape index (κ1) is 25.8. The van der Waals surface area contributed by atoms with E-state index in [1.165, 1.54) is 22.2 Å². The molecular weight excluding hydrogens is 470 g/mol. The molecule has 0 aliphatic carbocycles. The van der Waals surface area contributed by atoms with Crippen LogP contribution < -0.4 is 9.47 Å². The van der Waals surface area contributed by atoms with Crippen molar-refractivity contribution in [2.24, 2.45) is 0 Å². The molecule has 0 atom stereocenters. The fourth-order valence-corrected chi connectivity index (χ4v) is 4.61. The van der Waals surface area contributed by atoms with Gasteiger partial charge in [0.05, 0.1) is 18.1 Å². The van der Waals surface area contributed by atoms with Gasteiger partial charge in [-0.15, -0.1) is 0 Å². The van der Waals surface area contributed by atoms with Crippen LogP contribution in [0.15, 0.2) is 47.4 Å². The molecule has 34 heavy (non-hydrogen) atoms. The van der Waals surface area contributed by atoms with Gasteiger partial charge in [0, 0.05) is 13.0 Å². The molecule has 1 fully saturated rings. The van der Waals surface area contributed by atoms with Crippen LogP contribution in [0.1, 0.15) is 43.4 Å². The first-order valence-electron chi connectivity index (χ1n) is 11.3. The number of esters is 1. The highest BCUT2D eigenvalue weighted by Crippen LogP contribution is 2.35. The zero-order valence-electron chi connectivity index (χ0n) is 19.7. The number of carbonyl (C=O) groups is 2. The summed E-state index contributed by atoms with van der Waals surface area (Å²) in [6.07, 6.45) is 2.56. The summed E-state index contributed by atoms with van der Waals surface area (Å²) in [6.45, 7) is 7.39. The molecule has 1 saturated heterocycles. The highest BCUT2D eigenvalue weighted by atomic mass is 32.2. The van der Waals surface area contributed by atoms with Crippen molar-refractivity contribution in [3.05, 3.63) is 64.1 Å². The van der Waals surface area contributed by atoms with E-state index in [1.807, 2.05) is 44.2 Å². The van der Waals surface area contributed by atoms with Gasteiger partial charge in [0.1, 0.15) is 10.9 Å². The van der Waals surface area contributed by atoms with Gasteiger partial charge in [-0.05, 0) is 56.5 Å². The standard InChI is InChI=1S/C26H29NO5S2/c1-4-30-22-15-20(12-13-21(22)32-17-19-10-8-18(3)9-11-19)16-23-25(29)27(26(33)34-23)14-6-7-24(28)31-5-2/h8-13,15-16H,4-7,14,17H2,1-3H3/b23-16-. The van der Waals surface area contributed by atoms with Crippen LogP contribution in [0.5, 0.6) is 11.5 Å². The second-order valence-corrected chi connectivity index (χ2v) is 9.33. The summed E-state index contributed by atoms with van der Waals surface area (Å²) in [5.41, 5.74) is 3.09. The minimum atomic E-state index is -0.267. The van der Waals surface area contributed by atoms with E-state index in [0.717, 1.165) is 11.1 Å². The van der Waals surface area contributed by atoms with Crippen LogP contribution in [0.2, 0.25) is 0 Å². The summed E-state index contributed by atoms with van der Waals surface area (Å²) < 4.78 is 17.2. The molecule has 0 saturated carbocycles. The van der Waals surface area contributed by atoms with Crippen molar-refractivity contribution >= 4 is 46.3 Å². The average Bonchev–Trinajstić information content (AvgIpc) is 3.07. The fourth-order valence-electron chi connectivity index (χ4n) is 3.31. The lowest BCUT2D eigenvalue weighted by molar-refractivity contribution is -0.143. The summed E-state index contributed by atoms with van der Waals surface area (Å²) in [4.78, 5) is 26.5. The Morgan fingerprint density at radius 2 is 1.82 bits per heavy atom. The lowest BCUT2D eigenvalue weighted by Crippen LogP contribution is -2.29. The van der Waals surface area contributed by atoms with E-state index in [2.05, 4.69) is 12.1 Å². The average molecular weight is 500 g/mol. The molecule has 2 aromatic rings. The van der Waals surface area contributed by atoms with E-state index in [9.17, 15) is 9.59 Å². The summed E-state index contributed by atoms with van der Waals surface area (Å²) in [6, 6.07) is 13.8. The number of rotatable bonds is 11. The Morgan fingerprint density at radius 1 is 1.06 bits per heavy atom. The predicted octanol–water partition coefficient (Wildman–Crippen LogP) is 5.52. The van der Waals surface area contributed by atoms with Crippen LogP contribution >= 0.6 is 24.0 Å². The zero-order chi connectivity index (χ0) is 24.5. The van der Waals surface area contributed by atoms with Crippen molar-refractivity contribution < 1.29 is 23.8 Å². The zero-order valence-corrected chi connectivity index (χ0v) is 21.3. The van der Waals surface area contributed by atoms with Crippen molar-refractivity contribution in [3.63, 3.8) is 0 Å². The van der Waals surface area contributed by atoms with Crippen molar-refractivity contribution in [2.75, 3.05) is 19.8 Å². The minimum absolute atomic E-state index is 0.156. The first-order chi connectivity index (χ1) is 16.4. The van der Waals surface area contributed by atoms with Crippen LogP contribution in [-0.2, 0) is 20.9 Å². The Morgan fingerprint density at radius 3 is 2.53 bits per heavy atom. The number of amides is 1. The molecule has 2 aromatic carbocycles. The Labute approximate surface area is 210 Å². The molecule has 0 spiro atoms. The molecule has 0 radical (unpaired) electrons. The normalized spacial score (nSPS) is 14.6. The highest BCUT2D eigenvalue weighted by Gasteiger charge is 2.31. The van der Waals surface area contributed by atoms with E-state index in [-0.39, 0.29) is 18.3 Å². The number of benzene rings is 2. The maximum absolute atomic E-state index is 12.9. The van der Waals surface area contributed by atoms with Crippen LogP contribution in [0.4, 0.5) is 0 Å². The van der Waals surface area contributed by atoms with Crippen molar-refractivity contribution in [1.29, 1.82) is 0 Å². The molecule has 8 heteroatoms. The third kappa shape index (κ3) is 7.08. The van der Waals surface area contributed by atoms with Crippen LogP contribution in [0.3, 0.4) is 0 Å². The summed E-state index contributed by atoms with van der Waals surface area (Å²) in [7, 11) is 0. The Hall–Kier alpha value is -2.84. The van der Waals surface area contributed by atoms with Gasteiger partial charge in [0.2, 0.25) is 0 Å². The number of hydrogen-bond donors (Lipinski definition) is 0. The molecular formula is C26H29NO5S2. The number of carbonyl (C=O) groups excluding carboxylic acids is 2. The number of aryl methyl sites for hydroxylation is 1. The SMILES string of the molecule is CCOC(=O)CCCN1C(=O)/C(=C/c2ccc(OCc3ccc(C)cc3)c(OCC)c2)SC1=S.